The van der Waals surface area contributed by atoms with Gasteiger partial charge in [-0.2, -0.15) is 0 Å². The summed E-state index contributed by atoms with van der Waals surface area (Å²) in [6.07, 6.45) is 0. The molecule has 0 radical (unpaired) electrons. The minimum atomic E-state index is -2.84. The number of hydrogen-bond donors (Lipinski definition) is 3. The lowest BCUT2D eigenvalue weighted by molar-refractivity contribution is -0.134. The van der Waals surface area contributed by atoms with Gasteiger partial charge < -0.3 is 39.1 Å². The first kappa shape index (κ1) is 38.8. The molecule has 0 aliphatic rings. The van der Waals surface area contributed by atoms with Gasteiger partial charge in [0.05, 0.1) is 13.1 Å². The van der Waals surface area contributed by atoms with E-state index in [9.17, 15) is 37.2 Å². The van der Waals surface area contributed by atoms with Crippen LogP contribution in [0.3, 0.4) is 0 Å². The summed E-state index contributed by atoms with van der Waals surface area (Å²) in [4.78, 5) is 71.4. The molecule has 0 bridgehead atoms. The fourth-order valence-corrected chi connectivity index (χ4v) is 6.10. The molecule has 3 aromatic carbocycles. The molecule has 18 heteroatoms. The van der Waals surface area contributed by atoms with Gasteiger partial charge >= 0.3 is 23.9 Å². The van der Waals surface area contributed by atoms with E-state index in [0.29, 0.717) is 10.1 Å². The second kappa shape index (κ2) is 17.8. The summed E-state index contributed by atoms with van der Waals surface area (Å²) in [6, 6.07) is 12.6. The molecule has 1 heterocycles. The van der Waals surface area contributed by atoms with E-state index in [0.717, 1.165) is 25.2 Å². The Bertz CT molecular complexity index is 1980. The van der Waals surface area contributed by atoms with E-state index in [1.807, 2.05) is 0 Å². The number of nitrogens with one attached hydrogen (secondary N) is 2. The maximum absolute atomic E-state index is 12.8. The average Bonchev–Trinajstić information content (AvgIpc) is 3.49. The second-order valence-electron chi connectivity index (χ2n) is 10.6. The summed E-state index contributed by atoms with van der Waals surface area (Å²) >= 11 is 1.03. The number of thiol groups is 1. The van der Waals surface area contributed by atoms with Crippen LogP contribution in [0.2, 0.25) is 0 Å². The molecule has 0 saturated carbocycles. The highest BCUT2D eigenvalue weighted by atomic mass is 32.2. The van der Waals surface area contributed by atoms with Crippen LogP contribution < -0.4 is 39.1 Å². The van der Waals surface area contributed by atoms with Crippen molar-refractivity contribution in [3.05, 3.63) is 65.7 Å². The first-order valence-corrected chi connectivity index (χ1v) is 17.2. The molecule has 0 fully saturated rings. The topological polar surface area (TPSA) is 216 Å². The molecule has 4 aromatic rings. The lowest BCUT2D eigenvalue weighted by Gasteiger charge is -2.15. The van der Waals surface area contributed by atoms with Gasteiger partial charge in [0.25, 0.3) is 11.8 Å². The van der Waals surface area contributed by atoms with Gasteiger partial charge in [-0.25, -0.2) is 8.42 Å². The van der Waals surface area contributed by atoms with Gasteiger partial charge in [-0.05, 0) is 53.9 Å². The molecule has 0 aliphatic heterocycles. The first-order chi connectivity index (χ1) is 24.7. The van der Waals surface area contributed by atoms with Crippen molar-refractivity contribution in [1.29, 1.82) is 0 Å². The standard InChI is InChI=1S/C34H32N2O14S2/c1-18(37)47-25-7-5-22(13-29(25)49-20(3)39)33(41)35-9-11-45-27-15-24-16-32(52(43)44)51-31(24)17-28(27)46-12-10-36-34(42)23-6-8-26(48-19(2)38)30(14-23)50-21(4)40/h5-8,13-17,52H,9-12H2,1-4H3,(H,35,41)(H,36,42). The van der Waals surface area contributed by atoms with Gasteiger partial charge in [0, 0.05) is 49.6 Å². The van der Waals surface area contributed by atoms with Crippen molar-refractivity contribution >= 4 is 67.8 Å². The largest absolute Gasteiger partial charge is 0.488 e. The van der Waals surface area contributed by atoms with Gasteiger partial charge in [0.15, 0.2) is 45.2 Å². The molecule has 0 saturated heterocycles. The van der Waals surface area contributed by atoms with Crippen molar-refractivity contribution in [2.75, 3.05) is 26.3 Å². The Morgan fingerprint density at radius 1 is 0.558 bits per heavy atom. The number of fused-ring (bicyclic) bond motifs is 1. The third-order valence-corrected chi connectivity index (χ3v) is 8.58. The summed E-state index contributed by atoms with van der Waals surface area (Å²) in [5, 5.41) is 5.90. The molecule has 1 aromatic heterocycles. The van der Waals surface area contributed by atoms with Crippen molar-refractivity contribution in [3.8, 4) is 34.5 Å². The summed E-state index contributed by atoms with van der Waals surface area (Å²) in [7, 11) is -2.84. The smallest absolute Gasteiger partial charge is 0.308 e. The van der Waals surface area contributed by atoms with Crippen LogP contribution in [0.15, 0.2) is 58.8 Å². The number of esters is 4. The Kier molecular flexibility index (Phi) is 13.3. The Hall–Kier alpha value is -6.01. The number of benzene rings is 3. The number of hydrogen-bond acceptors (Lipinski definition) is 15. The highest BCUT2D eigenvalue weighted by molar-refractivity contribution is 7.75. The number of amides is 2. The number of carbonyl (C=O) groups is 6. The van der Waals surface area contributed by atoms with Crippen molar-refractivity contribution in [1.82, 2.24) is 10.6 Å². The molecule has 0 aliphatic carbocycles. The molecule has 52 heavy (non-hydrogen) atoms. The zero-order chi connectivity index (χ0) is 37.9. The van der Waals surface area contributed by atoms with Crippen LogP contribution in [0, 0.1) is 0 Å². The SMILES string of the molecule is CC(=O)Oc1ccc(C(=O)NCCOc2cc3cc([SH](=O)=O)sc3cc2OCCNC(=O)c2ccc(OC(C)=O)c(OC(C)=O)c2)cc1OC(C)=O. The van der Waals surface area contributed by atoms with Crippen LogP contribution in [-0.4, -0.2) is 70.4 Å². The van der Waals surface area contributed by atoms with Gasteiger partial charge in [-0.15, -0.1) is 11.3 Å². The van der Waals surface area contributed by atoms with Gasteiger partial charge in [-0.3, -0.25) is 28.8 Å². The monoisotopic (exact) mass is 756 g/mol. The van der Waals surface area contributed by atoms with Crippen LogP contribution in [-0.2, 0) is 29.9 Å². The van der Waals surface area contributed by atoms with Gasteiger partial charge in [0.1, 0.15) is 17.4 Å². The van der Waals surface area contributed by atoms with E-state index >= 15 is 0 Å². The molecular weight excluding hydrogens is 725 g/mol. The Balaban J connectivity index is 1.40. The fourth-order valence-electron chi connectivity index (χ4n) is 4.45. The number of rotatable bonds is 15. The highest BCUT2D eigenvalue weighted by Crippen LogP contribution is 2.37. The molecule has 0 spiro atoms. The van der Waals surface area contributed by atoms with Crippen LogP contribution in [0.5, 0.6) is 34.5 Å². The Morgan fingerprint density at radius 2 is 0.981 bits per heavy atom. The minimum absolute atomic E-state index is 0.00779. The quantitative estimate of drug-likeness (QED) is 0.0688. The lowest BCUT2D eigenvalue weighted by Crippen LogP contribution is -2.29. The maximum atomic E-state index is 12.8. The highest BCUT2D eigenvalue weighted by Gasteiger charge is 2.17. The van der Waals surface area contributed by atoms with E-state index in [2.05, 4.69) is 10.6 Å². The Labute approximate surface area is 301 Å². The normalized spacial score (nSPS) is 10.6. The van der Waals surface area contributed by atoms with E-state index in [1.165, 1.54) is 56.3 Å². The maximum Gasteiger partial charge on any atom is 0.308 e. The predicted molar refractivity (Wildman–Crippen MR) is 184 cm³/mol. The summed E-state index contributed by atoms with van der Waals surface area (Å²) in [6.45, 7) is 4.58. The van der Waals surface area contributed by atoms with Crippen LogP contribution in [0.4, 0.5) is 0 Å². The van der Waals surface area contributed by atoms with Crippen molar-refractivity contribution < 1.29 is 65.6 Å². The predicted octanol–water partition coefficient (Wildman–Crippen LogP) is 3.19. The molecule has 0 atom stereocenters. The lowest BCUT2D eigenvalue weighted by atomic mass is 10.2. The molecule has 4 rings (SSSR count). The van der Waals surface area contributed by atoms with E-state index in [1.54, 1.807) is 12.1 Å². The molecule has 16 nitrogen and oxygen atoms in total. The number of thiophene rings is 1. The molecule has 2 amide bonds. The zero-order valence-electron chi connectivity index (χ0n) is 28.1. The second-order valence-corrected chi connectivity index (χ2v) is 13.0. The van der Waals surface area contributed by atoms with Crippen molar-refractivity contribution in [3.63, 3.8) is 0 Å². The molecule has 274 valence electrons. The van der Waals surface area contributed by atoms with Crippen LogP contribution >= 0.6 is 11.3 Å². The Morgan fingerprint density at radius 3 is 1.40 bits per heavy atom. The molecule has 2 N–H and O–H groups in total. The summed E-state index contributed by atoms with van der Waals surface area (Å²) in [5.41, 5.74) is 0.223. The molecule has 0 unspecified atom stereocenters. The summed E-state index contributed by atoms with van der Waals surface area (Å²) < 4.78 is 55.9. The summed E-state index contributed by atoms with van der Waals surface area (Å²) in [5.74, 6) is -3.57. The minimum Gasteiger partial charge on any atom is -0.488 e. The molecular formula is C34H32N2O14S2. The first-order valence-electron chi connectivity index (χ1n) is 15.3. The number of carbonyl (C=O) groups excluding carboxylic acids is 6. The van der Waals surface area contributed by atoms with E-state index < -0.39 is 46.4 Å². The number of ether oxygens (including phenoxy) is 6. The van der Waals surface area contributed by atoms with Crippen LogP contribution in [0.1, 0.15) is 48.4 Å². The van der Waals surface area contributed by atoms with Crippen molar-refractivity contribution in [2.24, 2.45) is 0 Å². The van der Waals surface area contributed by atoms with E-state index in [4.69, 9.17) is 28.4 Å². The van der Waals surface area contributed by atoms with Crippen molar-refractivity contribution in [2.45, 2.75) is 31.9 Å². The fraction of sp³-hybridized carbons (Fsp3) is 0.235. The van der Waals surface area contributed by atoms with Gasteiger partial charge in [0.2, 0.25) is 0 Å². The average molecular weight is 757 g/mol. The van der Waals surface area contributed by atoms with Crippen LogP contribution in [0.25, 0.3) is 10.1 Å². The van der Waals surface area contributed by atoms with Gasteiger partial charge in [-0.1, -0.05) is 0 Å². The zero-order valence-corrected chi connectivity index (χ0v) is 29.8. The van der Waals surface area contributed by atoms with E-state index in [-0.39, 0.29) is 76.1 Å². The third kappa shape index (κ3) is 11.0. The third-order valence-electron chi connectivity index (χ3n) is 6.47.